The number of aromatic amines is 1. The molecule has 1 heterocycles. The molecule has 0 spiro atoms. The maximum Gasteiger partial charge on any atom is 0.320 e. The summed E-state index contributed by atoms with van der Waals surface area (Å²) in [5.41, 5.74) is 11.7. The van der Waals surface area contributed by atoms with Gasteiger partial charge in [-0.05, 0) is 19.9 Å². The smallest absolute Gasteiger partial charge is 0.320 e. The highest BCUT2D eigenvalue weighted by Gasteiger charge is 2.22. The van der Waals surface area contributed by atoms with Crippen molar-refractivity contribution in [3.05, 3.63) is 18.2 Å². The fourth-order valence-electron chi connectivity index (χ4n) is 1.39. The second-order valence-electron chi connectivity index (χ2n) is 4.29. The Bertz CT molecular complexity index is 350. The van der Waals surface area contributed by atoms with Gasteiger partial charge in [0.15, 0.2) is 0 Å². The molecule has 0 saturated carbocycles. The van der Waals surface area contributed by atoms with Crippen LogP contribution in [0.5, 0.6) is 0 Å². The molecule has 0 fully saturated rings. The summed E-state index contributed by atoms with van der Waals surface area (Å²) in [6.07, 6.45) is 3.61. The van der Waals surface area contributed by atoms with E-state index in [2.05, 4.69) is 15.3 Å². The van der Waals surface area contributed by atoms with E-state index in [9.17, 15) is 4.79 Å². The predicted octanol–water partition coefficient (Wildman–Crippen LogP) is -1.02. The number of carboxylic acids is 1. The van der Waals surface area contributed by atoms with E-state index >= 15 is 0 Å². The Kier molecular flexibility index (Phi) is 4.62. The number of carboxylic acid groups (broad SMARTS) is 1. The Balaban J connectivity index is 2.29. The molecule has 1 aromatic heterocycles. The molecule has 96 valence electrons. The minimum Gasteiger partial charge on any atom is -0.480 e. The van der Waals surface area contributed by atoms with Crippen molar-refractivity contribution < 1.29 is 9.90 Å². The van der Waals surface area contributed by atoms with Crippen LogP contribution in [0.3, 0.4) is 0 Å². The van der Waals surface area contributed by atoms with E-state index in [1.165, 1.54) is 0 Å². The number of nitrogens with two attached hydrogens (primary N) is 2. The molecule has 2 atom stereocenters. The average Bonchev–Trinajstić information content (AvgIpc) is 2.77. The lowest BCUT2D eigenvalue weighted by Gasteiger charge is -2.23. The molecular formula is C10H19N5O2. The summed E-state index contributed by atoms with van der Waals surface area (Å²) in [4.78, 5) is 17.3. The van der Waals surface area contributed by atoms with Crippen molar-refractivity contribution in [1.82, 2.24) is 15.3 Å². The number of carbonyl (C=O) groups is 1. The molecule has 7 heteroatoms. The first-order valence-electron chi connectivity index (χ1n) is 5.40. The molecule has 0 aliphatic heterocycles. The highest BCUT2D eigenvalue weighted by Crippen LogP contribution is 2.12. The Morgan fingerprint density at radius 1 is 1.76 bits per heavy atom. The molecule has 0 amide bonds. The molecule has 0 bridgehead atoms. The minimum absolute atomic E-state index is 0.369. The largest absolute Gasteiger partial charge is 0.480 e. The first kappa shape index (κ1) is 13.6. The zero-order chi connectivity index (χ0) is 12.9. The molecule has 1 rings (SSSR count). The molecule has 7 N–H and O–H groups in total. The van der Waals surface area contributed by atoms with Crippen molar-refractivity contribution in [1.29, 1.82) is 0 Å². The van der Waals surface area contributed by atoms with Crippen LogP contribution in [-0.4, -0.2) is 40.2 Å². The van der Waals surface area contributed by atoms with E-state index < -0.39 is 17.6 Å². The van der Waals surface area contributed by atoms with Gasteiger partial charge < -0.3 is 26.9 Å². The van der Waals surface area contributed by atoms with Crippen LogP contribution in [0.25, 0.3) is 0 Å². The fraction of sp³-hybridized carbons (Fsp3) is 0.600. The number of aliphatic carboxylic acids is 1. The fourth-order valence-corrected chi connectivity index (χ4v) is 1.39. The van der Waals surface area contributed by atoms with Gasteiger partial charge in [-0.15, -0.1) is 0 Å². The zero-order valence-electron chi connectivity index (χ0n) is 9.81. The number of H-pyrrole nitrogens is 1. The van der Waals surface area contributed by atoms with Crippen molar-refractivity contribution in [2.24, 2.45) is 11.5 Å². The highest BCUT2D eigenvalue weighted by atomic mass is 16.4. The van der Waals surface area contributed by atoms with Gasteiger partial charge in [0.05, 0.1) is 17.6 Å². The van der Waals surface area contributed by atoms with Crippen molar-refractivity contribution in [2.45, 2.75) is 24.9 Å². The van der Waals surface area contributed by atoms with Crippen LogP contribution in [0.4, 0.5) is 0 Å². The first-order chi connectivity index (χ1) is 7.93. The summed E-state index contributed by atoms with van der Waals surface area (Å²) in [6, 6.07) is -0.835. The standard InChI is InChI=1S/C10H19N5O2/c1-10(12,8-4-14-6-15-8)5-13-3-2-7(11)9(16)17/h4,6-7,13H,2-3,5,11-12H2,1H3,(H,14,15)(H,16,17)/t7-,10-/m0/s1. The molecule has 0 aliphatic carbocycles. The minimum atomic E-state index is -0.990. The van der Waals surface area contributed by atoms with Crippen LogP contribution < -0.4 is 16.8 Å². The van der Waals surface area contributed by atoms with Crippen LogP contribution in [0.15, 0.2) is 12.5 Å². The van der Waals surface area contributed by atoms with Gasteiger partial charge in [-0.25, -0.2) is 4.98 Å². The Morgan fingerprint density at radius 3 is 3.00 bits per heavy atom. The summed E-state index contributed by atoms with van der Waals surface area (Å²) >= 11 is 0. The van der Waals surface area contributed by atoms with Crippen LogP contribution in [0.1, 0.15) is 19.0 Å². The lowest BCUT2D eigenvalue weighted by atomic mass is 10.00. The number of aromatic nitrogens is 2. The molecule has 0 aliphatic rings. The van der Waals surface area contributed by atoms with Crippen LogP contribution in [0.2, 0.25) is 0 Å². The van der Waals surface area contributed by atoms with Crippen LogP contribution >= 0.6 is 0 Å². The van der Waals surface area contributed by atoms with Crippen LogP contribution in [-0.2, 0) is 10.3 Å². The third-order valence-electron chi connectivity index (χ3n) is 2.56. The van der Waals surface area contributed by atoms with Gasteiger partial charge >= 0.3 is 5.97 Å². The lowest BCUT2D eigenvalue weighted by molar-refractivity contribution is -0.138. The van der Waals surface area contributed by atoms with Crippen molar-refractivity contribution in [3.63, 3.8) is 0 Å². The number of hydrogen-bond acceptors (Lipinski definition) is 5. The third kappa shape index (κ3) is 4.14. The zero-order valence-corrected chi connectivity index (χ0v) is 9.81. The van der Waals surface area contributed by atoms with Crippen molar-refractivity contribution in [2.75, 3.05) is 13.1 Å². The second-order valence-corrected chi connectivity index (χ2v) is 4.29. The van der Waals surface area contributed by atoms with Gasteiger partial charge in [0.25, 0.3) is 0 Å². The van der Waals surface area contributed by atoms with E-state index in [0.29, 0.717) is 19.5 Å². The van der Waals surface area contributed by atoms with Gasteiger partial charge in [-0.2, -0.15) is 0 Å². The van der Waals surface area contributed by atoms with Crippen LogP contribution in [0, 0.1) is 0 Å². The maximum absolute atomic E-state index is 10.5. The average molecular weight is 241 g/mol. The molecular weight excluding hydrogens is 222 g/mol. The monoisotopic (exact) mass is 241 g/mol. The summed E-state index contributed by atoms with van der Waals surface area (Å²) in [6.45, 7) is 2.89. The Hall–Kier alpha value is -1.44. The molecule has 0 unspecified atom stereocenters. The number of nitrogens with one attached hydrogen (secondary N) is 2. The first-order valence-corrected chi connectivity index (χ1v) is 5.40. The molecule has 0 saturated heterocycles. The topological polar surface area (TPSA) is 130 Å². The molecule has 7 nitrogen and oxygen atoms in total. The quantitative estimate of drug-likeness (QED) is 0.388. The number of hydrogen-bond donors (Lipinski definition) is 5. The van der Waals surface area contributed by atoms with E-state index in [4.69, 9.17) is 16.6 Å². The maximum atomic E-state index is 10.5. The molecule has 17 heavy (non-hydrogen) atoms. The molecule has 0 aromatic carbocycles. The Morgan fingerprint density at radius 2 is 2.47 bits per heavy atom. The predicted molar refractivity (Wildman–Crippen MR) is 63.2 cm³/mol. The molecule has 0 radical (unpaired) electrons. The SMILES string of the molecule is C[C@](N)(CNCC[C@H](N)C(=O)O)c1cnc[nH]1. The van der Waals surface area contributed by atoms with E-state index in [1.807, 2.05) is 6.92 Å². The van der Waals surface area contributed by atoms with Gasteiger partial charge in [0.2, 0.25) is 0 Å². The van der Waals surface area contributed by atoms with E-state index in [-0.39, 0.29) is 0 Å². The van der Waals surface area contributed by atoms with Gasteiger partial charge in [0, 0.05) is 12.7 Å². The third-order valence-corrected chi connectivity index (χ3v) is 2.56. The normalized spacial score (nSPS) is 16.4. The summed E-state index contributed by atoms with van der Waals surface area (Å²) in [5.74, 6) is -0.990. The summed E-state index contributed by atoms with van der Waals surface area (Å²) in [5, 5.41) is 11.7. The number of imidazole rings is 1. The van der Waals surface area contributed by atoms with E-state index in [0.717, 1.165) is 5.69 Å². The van der Waals surface area contributed by atoms with Crippen molar-refractivity contribution in [3.8, 4) is 0 Å². The van der Waals surface area contributed by atoms with Crippen molar-refractivity contribution >= 4 is 5.97 Å². The van der Waals surface area contributed by atoms with Gasteiger partial charge in [-0.3, -0.25) is 4.79 Å². The summed E-state index contributed by atoms with van der Waals surface area (Å²) < 4.78 is 0. The number of rotatable bonds is 7. The van der Waals surface area contributed by atoms with Gasteiger partial charge in [0.1, 0.15) is 6.04 Å². The highest BCUT2D eigenvalue weighted by molar-refractivity contribution is 5.72. The van der Waals surface area contributed by atoms with Gasteiger partial charge in [-0.1, -0.05) is 0 Å². The molecule has 1 aromatic rings. The second kappa shape index (κ2) is 5.76. The lowest BCUT2D eigenvalue weighted by Crippen LogP contribution is -2.45. The number of nitrogens with zero attached hydrogens (tertiary/aromatic N) is 1. The summed E-state index contributed by atoms with van der Waals surface area (Å²) in [7, 11) is 0. The van der Waals surface area contributed by atoms with E-state index in [1.54, 1.807) is 12.5 Å². The Labute approximate surface area is 99.6 Å².